The van der Waals surface area contributed by atoms with Crippen molar-refractivity contribution in [2.24, 2.45) is 0 Å². The highest BCUT2D eigenvalue weighted by molar-refractivity contribution is 7.91. The Labute approximate surface area is 153 Å². The lowest BCUT2D eigenvalue weighted by atomic mass is 10.1. The number of ether oxygens (including phenoxy) is 1. The summed E-state index contributed by atoms with van der Waals surface area (Å²) in [5.74, 6) is 1.89. The summed E-state index contributed by atoms with van der Waals surface area (Å²) < 4.78 is 34.9. The Morgan fingerprint density at radius 2 is 2.12 bits per heavy atom. The first-order chi connectivity index (χ1) is 12.4. The molecule has 2 heterocycles. The number of furan rings is 1. The summed E-state index contributed by atoms with van der Waals surface area (Å²) >= 11 is 0. The first-order valence-electron chi connectivity index (χ1n) is 8.67. The first-order valence-corrected chi connectivity index (χ1v) is 10.5. The van der Waals surface area contributed by atoms with E-state index in [1.807, 2.05) is 26.0 Å². The zero-order chi connectivity index (χ0) is 18.7. The highest BCUT2D eigenvalue weighted by atomic mass is 32.2. The Balaban J connectivity index is 1.89. The third-order valence-electron chi connectivity index (χ3n) is 4.42. The van der Waals surface area contributed by atoms with Crippen LogP contribution in [0.4, 0.5) is 0 Å². The minimum atomic E-state index is -3.11. The highest BCUT2D eigenvalue weighted by Crippen LogP contribution is 2.24. The van der Waals surface area contributed by atoms with Gasteiger partial charge in [-0.05, 0) is 50.6 Å². The van der Waals surface area contributed by atoms with E-state index in [4.69, 9.17) is 9.15 Å². The fraction of sp³-hybridized carbons (Fsp3) is 0.421. The van der Waals surface area contributed by atoms with E-state index >= 15 is 0 Å². The molecule has 7 heteroatoms. The van der Waals surface area contributed by atoms with Crippen LogP contribution in [0.2, 0.25) is 0 Å². The minimum absolute atomic E-state index is 0.0103. The maximum absolute atomic E-state index is 13.1. The van der Waals surface area contributed by atoms with E-state index in [0.717, 1.165) is 5.76 Å². The van der Waals surface area contributed by atoms with Crippen LogP contribution in [0.1, 0.15) is 35.2 Å². The maximum atomic E-state index is 13.1. The molecule has 1 aromatic carbocycles. The summed E-state index contributed by atoms with van der Waals surface area (Å²) in [4.78, 5) is 14.7. The van der Waals surface area contributed by atoms with Crippen molar-refractivity contribution in [3.63, 3.8) is 0 Å². The van der Waals surface area contributed by atoms with Crippen LogP contribution in [0.25, 0.3) is 0 Å². The molecular weight excluding hydrogens is 354 g/mol. The molecule has 1 saturated heterocycles. The Kier molecular flexibility index (Phi) is 5.36. The molecule has 0 spiro atoms. The zero-order valence-corrected chi connectivity index (χ0v) is 15.8. The Morgan fingerprint density at radius 3 is 2.73 bits per heavy atom. The van der Waals surface area contributed by atoms with Crippen molar-refractivity contribution in [3.8, 4) is 5.75 Å². The smallest absolute Gasteiger partial charge is 0.254 e. The molecule has 1 atom stereocenters. The summed E-state index contributed by atoms with van der Waals surface area (Å²) in [5.41, 5.74) is 0.475. The number of hydrogen-bond donors (Lipinski definition) is 0. The standard InChI is InChI=1S/C19H23NO5S/c1-3-24-17-6-4-5-15(11-17)19(21)20(12-18-8-7-14(2)25-18)16-9-10-26(22,23)13-16/h4-8,11,16H,3,9-10,12-13H2,1-2H3. The SMILES string of the molecule is CCOc1cccc(C(=O)N(Cc2ccc(C)o2)C2CCS(=O)(=O)C2)c1. The summed E-state index contributed by atoms with van der Waals surface area (Å²) in [6.45, 7) is 4.46. The Morgan fingerprint density at radius 1 is 1.31 bits per heavy atom. The number of nitrogens with zero attached hydrogens (tertiary/aromatic N) is 1. The van der Waals surface area contributed by atoms with E-state index in [2.05, 4.69) is 0 Å². The second kappa shape index (κ2) is 7.53. The van der Waals surface area contributed by atoms with Crippen LogP contribution in [0, 0.1) is 6.92 Å². The monoisotopic (exact) mass is 377 g/mol. The molecule has 3 rings (SSSR count). The Bertz CT molecular complexity index is 887. The zero-order valence-electron chi connectivity index (χ0n) is 15.0. The first kappa shape index (κ1) is 18.5. The van der Waals surface area contributed by atoms with Crippen molar-refractivity contribution in [2.75, 3.05) is 18.1 Å². The van der Waals surface area contributed by atoms with Crippen LogP contribution in [0.5, 0.6) is 5.75 Å². The molecule has 0 N–H and O–H groups in total. The van der Waals surface area contributed by atoms with Crippen LogP contribution in [0.15, 0.2) is 40.8 Å². The summed E-state index contributed by atoms with van der Waals surface area (Å²) in [6.07, 6.45) is 0.443. The van der Waals surface area contributed by atoms with Gasteiger partial charge in [-0.15, -0.1) is 0 Å². The molecule has 0 saturated carbocycles. The van der Waals surface area contributed by atoms with E-state index in [1.54, 1.807) is 29.2 Å². The van der Waals surface area contributed by atoms with Gasteiger partial charge in [0, 0.05) is 11.6 Å². The molecule has 1 fully saturated rings. The average Bonchev–Trinajstić information content (AvgIpc) is 3.17. The van der Waals surface area contributed by atoms with Crippen LogP contribution in [0.3, 0.4) is 0 Å². The molecule has 6 nitrogen and oxygen atoms in total. The number of amides is 1. The van der Waals surface area contributed by atoms with Gasteiger partial charge in [0.1, 0.15) is 17.3 Å². The normalized spacial score (nSPS) is 18.6. The van der Waals surface area contributed by atoms with Crippen molar-refractivity contribution in [1.82, 2.24) is 4.90 Å². The number of rotatable bonds is 6. The van der Waals surface area contributed by atoms with Gasteiger partial charge >= 0.3 is 0 Å². The lowest BCUT2D eigenvalue weighted by Crippen LogP contribution is -2.40. The van der Waals surface area contributed by atoms with Gasteiger partial charge in [0.05, 0.1) is 24.7 Å². The molecule has 1 amide bonds. The summed E-state index contributed by atoms with van der Waals surface area (Å²) in [6, 6.07) is 10.3. The molecule has 2 aromatic rings. The number of hydrogen-bond acceptors (Lipinski definition) is 5. The lowest BCUT2D eigenvalue weighted by Gasteiger charge is -2.27. The van der Waals surface area contributed by atoms with Gasteiger partial charge < -0.3 is 14.1 Å². The Hall–Kier alpha value is -2.28. The molecule has 140 valence electrons. The summed E-state index contributed by atoms with van der Waals surface area (Å²) in [5, 5.41) is 0. The molecule has 1 aromatic heterocycles. The second-order valence-electron chi connectivity index (χ2n) is 6.46. The minimum Gasteiger partial charge on any atom is -0.494 e. The van der Waals surface area contributed by atoms with Crippen molar-refractivity contribution in [2.45, 2.75) is 32.9 Å². The largest absolute Gasteiger partial charge is 0.494 e. The molecular formula is C19H23NO5S. The maximum Gasteiger partial charge on any atom is 0.254 e. The van der Waals surface area contributed by atoms with Crippen molar-refractivity contribution in [3.05, 3.63) is 53.5 Å². The second-order valence-corrected chi connectivity index (χ2v) is 8.69. The average molecular weight is 377 g/mol. The number of benzene rings is 1. The molecule has 1 unspecified atom stereocenters. The van der Waals surface area contributed by atoms with Crippen LogP contribution in [-0.4, -0.2) is 43.4 Å². The predicted octanol–water partition coefficient (Wildman–Crippen LogP) is 2.82. The third-order valence-corrected chi connectivity index (χ3v) is 6.17. The van der Waals surface area contributed by atoms with E-state index < -0.39 is 9.84 Å². The van der Waals surface area contributed by atoms with Crippen molar-refractivity contribution >= 4 is 15.7 Å². The van der Waals surface area contributed by atoms with E-state index in [9.17, 15) is 13.2 Å². The quantitative estimate of drug-likeness (QED) is 0.774. The van der Waals surface area contributed by atoms with Crippen LogP contribution >= 0.6 is 0 Å². The molecule has 0 radical (unpaired) electrons. The van der Waals surface area contributed by atoms with Gasteiger partial charge in [-0.3, -0.25) is 4.79 Å². The van der Waals surface area contributed by atoms with Crippen LogP contribution < -0.4 is 4.74 Å². The molecule has 1 aliphatic heterocycles. The van der Waals surface area contributed by atoms with Crippen molar-refractivity contribution < 1.29 is 22.4 Å². The van der Waals surface area contributed by atoms with Gasteiger partial charge in [-0.2, -0.15) is 0 Å². The van der Waals surface area contributed by atoms with Gasteiger partial charge in [-0.25, -0.2) is 8.42 Å². The number of carbonyl (C=O) groups excluding carboxylic acids is 1. The van der Waals surface area contributed by atoms with E-state index in [-0.39, 0.29) is 30.0 Å². The van der Waals surface area contributed by atoms with Crippen LogP contribution in [-0.2, 0) is 16.4 Å². The highest BCUT2D eigenvalue weighted by Gasteiger charge is 2.35. The molecule has 0 bridgehead atoms. The van der Waals surface area contributed by atoms with Crippen molar-refractivity contribution in [1.29, 1.82) is 0 Å². The van der Waals surface area contributed by atoms with E-state index in [1.165, 1.54) is 0 Å². The topological polar surface area (TPSA) is 76.8 Å². The molecule has 1 aliphatic rings. The fourth-order valence-electron chi connectivity index (χ4n) is 3.18. The lowest BCUT2D eigenvalue weighted by molar-refractivity contribution is 0.0665. The number of carbonyl (C=O) groups is 1. The fourth-order valence-corrected chi connectivity index (χ4v) is 4.91. The summed E-state index contributed by atoms with van der Waals surface area (Å²) in [7, 11) is -3.11. The van der Waals surface area contributed by atoms with Gasteiger partial charge in [0.15, 0.2) is 9.84 Å². The van der Waals surface area contributed by atoms with Gasteiger partial charge in [-0.1, -0.05) is 6.07 Å². The predicted molar refractivity (Wildman–Crippen MR) is 98.0 cm³/mol. The molecule has 0 aliphatic carbocycles. The van der Waals surface area contributed by atoms with E-state index in [0.29, 0.717) is 30.1 Å². The number of aryl methyl sites for hydroxylation is 1. The number of sulfone groups is 1. The third kappa shape index (κ3) is 4.27. The van der Waals surface area contributed by atoms with Gasteiger partial charge in [0.2, 0.25) is 0 Å². The molecule has 26 heavy (non-hydrogen) atoms. The van der Waals surface area contributed by atoms with Gasteiger partial charge in [0.25, 0.3) is 5.91 Å².